The summed E-state index contributed by atoms with van der Waals surface area (Å²) in [6.45, 7) is 0. The van der Waals surface area contributed by atoms with Crippen molar-refractivity contribution in [2.75, 3.05) is 0 Å². The molecule has 0 aliphatic carbocycles. The molecule has 0 fully saturated rings. The largest absolute Gasteiger partial charge is 0.501 e. The predicted octanol–water partition coefficient (Wildman–Crippen LogP) is 1.23. The van der Waals surface area contributed by atoms with Crippen LogP contribution in [0.15, 0.2) is 18.2 Å². The average molecular weight is 191 g/mol. The first-order valence-corrected chi connectivity index (χ1v) is 3.55. The van der Waals surface area contributed by atoms with Crippen molar-refractivity contribution in [2.24, 2.45) is 0 Å². The lowest BCUT2D eigenvalue weighted by Gasteiger charge is -1.94. The molecular formula is C8H5N3O3. The van der Waals surface area contributed by atoms with E-state index >= 15 is 0 Å². The first-order valence-electron chi connectivity index (χ1n) is 3.55. The average Bonchev–Trinajstić information content (AvgIpc) is 2.16. The molecule has 6 heteroatoms. The van der Waals surface area contributed by atoms with E-state index in [0.717, 1.165) is 12.1 Å². The van der Waals surface area contributed by atoms with E-state index in [-0.39, 0.29) is 5.69 Å². The highest BCUT2D eigenvalue weighted by molar-refractivity contribution is 5.52. The fourth-order valence-electron chi connectivity index (χ4n) is 0.806. The second-order valence-corrected chi connectivity index (χ2v) is 2.30. The van der Waals surface area contributed by atoms with Gasteiger partial charge in [-0.05, 0) is 28.1 Å². The Hall–Kier alpha value is -2.42. The highest BCUT2D eigenvalue weighted by Gasteiger charge is 2.15. The lowest BCUT2D eigenvalue weighted by Crippen LogP contribution is -1.93. The number of pyridine rings is 1. The summed E-state index contributed by atoms with van der Waals surface area (Å²) in [4.78, 5) is 13.1. The van der Waals surface area contributed by atoms with E-state index in [1.165, 1.54) is 12.1 Å². The fourth-order valence-corrected chi connectivity index (χ4v) is 0.806. The van der Waals surface area contributed by atoms with Crippen molar-refractivity contribution >= 4 is 11.9 Å². The molecule has 0 atom stereocenters. The second kappa shape index (κ2) is 4.00. The molecule has 6 nitrogen and oxygen atoms in total. The number of hydrogen-bond donors (Lipinski definition) is 1. The normalized spacial score (nSPS) is 9.93. The molecule has 0 aliphatic rings. The number of nitro groups is 1. The first kappa shape index (κ1) is 9.67. The molecule has 0 aliphatic heterocycles. The van der Waals surface area contributed by atoms with Crippen molar-refractivity contribution in [3.05, 3.63) is 34.0 Å². The predicted molar refractivity (Wildman–Crippen MR) is 47.2 cm³/mol. The van der Waals surface area contributed by atoms with Gasteiger partial charge in [-0.2, -0.15) is 5.26 Å². The van der Waals surface area contributed by atoms with E-state index in [1.54, 1.807) is 6.07 Å². The van der Waals surface area contributed by atoms with E-state index in [1.807, 2.05) is 0 Å². The Morgan fingerprint density at radius 2 is 2.36 bits per heavy atom. The summed E-state index contributed by atoms with van der Waals surface area (Å²) in [6, 6.07) is 4.25. The van der Waals surface area contributed by atoms with Crippen LogP contribution in [0.3, 0.4) is 0 Å². The number of hydrogen-bond acceptors (Lipinski definition) is 5. The highest BCUT2D eigenvalue weighted by atomic mass is 16.6. The molecule has 0 amide bonds. The van der Waals surface area contributed by atoms with Crippen LogP contribution in [0.2, 0.25) is 0 Å². The number of nitriles is 1. The van der Waals surface area contributed by atoms with Crippen LogP contribution in [-0.4, -0.2) is 15.0 Å². The van der Waals surface area contributed by atoms with Gasteiger partial charge < -0.3 is 15.2 Å². The lowest BCUT2D eigenvalue weighted by molar-refractivity contribution is -0.390. The molecule has 0 saturated carbocycles. The standard InChI is InChI=1S/C8H5N3O3/c9-5-1-2-6-3-4-7(12)8(10-6)11(13)14/h1-4,12H. The summed E-state index contributed by atoms with van der Waals surface area (Å²) in [6.07, 6.45) is 2.45. The van der Waals surface area contributed by atoms with Gasteiger partial charge in [-0.1, -0.05) is 0 Å². The zero-order chi connectivity index (χ0) is 10.6. The fraction of sp³-hybridized carbons (Fsp3) is 0. The summed E-state index contributed by atoms with van der Waals surface area (Å²) in [5.74, 6) is -1.12. The SMILES string of the molecule is N#CC=Cc1ccc(O)c([N+](=O)[O-])n1. The molecule has 0 bridgehead atoms. The van der Waals surface area contributed by atoms with Gasteiger partial charge in [-0.3, -0.25) is 0 Å². The van der Waals surface area contributed by atoms with Gasteiger partial charge in [-0.15, -0.1) is 0 Å². The van der Waals surface area contributed by atoms with E-state index < -0.39 is 16.5 Å². The monoisotopic (exact) mass is 191 g/mol. The molecule has 1 heterocycles. The second-order valence-electron chi connectivity index (χ2n) is 2.30. The van der Waals surface area contributed by atoms with E-state index in [2.05, 4.69) is 4.98 Å². The Kier molecular flexibility index (Phi) is 2.76. The number of allylic oxidation sites excluding steroid dienone is 1. The molecule has 1 rings (SSSR count). The van der Waals surface area contributed by atoms with Crippen LogP contribution >= 0.6 is 0 Å². The molecule has 0 spiro atoms. The Balaban J connectivity index is 3.14. The van der Waals surface area contributed by atoms with E-state index in [4.69, 9.17) is 10.4 Å². The van der Waals surface area contributed by atoms with Crippen molar-refractivity contribution in [3.63, 3.8) is 0 Å². The Morgan fingerprint density at radius 3 is 2.93 bits per heavy atom. The molecule has 70 valence electrons. The summed E-state index contributed by atoms with van der Waals surface area (Å²) in [5.41, 5.74) is 0.246. The van der Waals surface area contributed by atoms with Gasteiger partial charge in [0.15, 0.2) is 5.69 Å². The van der Waals surface area contributed by atoms with Crippen molar-refractivity contribution in [3.8, 4) is 11.8 Å². The van der Waals surface area contributed by atoms with Crippen LogP contribution in [0.4, 0.5) is 5.82 Å². The zero-order valence-corrected chi connectivity index (χ0v) is 6.91. The summed E-state index contributed by atoms with van der Waals surface area (Å²) in [7, 11) is 0. The van der Waals surface area contributed by atoms with Gasteiger partial charge in [-0.25, -0.2) is 0 Å². The zero-order valence-electron chi connectivity index (χ0n) is 6.91. The van der Waals surface area contributed by atoms with E-state index in [0.29, 0.717) is 0 Å². The number of aromatic nitrogens is 1. The molecule has 1 aromatic rings. The topological polar surface area (TPSA) is 100 Å². The lowest BCUT2D eigenvalue weighted by atomic mass is 10.3. The van der Waals surface area contributed by atoms with Gasteiger partial charge in [0.1, 0.15) is 0 Å². The molecular weight excluding hydrogens is 186 g/mol. The number of nitrogens with zero attached hydrogens (tertiary/aromatic N) is 3. The summed E-state index contributed by atoms with van der Waals surface area (Å²) in [5, 5.41) is 27.6. The molecule has 0 aromatic carbocycles. The first-order chi connectivity index (χ1) is 6.65. The maximum absolute atomic E-state index is 10.3. The molecule has 0 unspecified atom stereocenters. The van der Waals surface area contributed by atoms with Crippen molar-refractivity contribution in [1.29, 1.82) is 5.26 Å². The van der Waals surface area contributed by atoms with Gasteiger partial charge >= 0.3 is 5.82 Å². The van der Waals surface area contributed by atoms with Gasteiger partial charge in [0.2, 0.25) is 5.75 Å². The maximum Gasteiger partial charge on any atom is 0.406 e. The van der Waals surface area contributed by atoms with Crippen LogP contribution in [0, 0.1) is 21.4 Å². The third-order valence-corrected chi connectivity index (χ3v) is 1.38. The highest BCUT2D eigenvalue weighted by Crippen LogP contribution is 2.22. The summed E-state index contributed by atoms with van der Waals surface area (Å²) < 4.78 is 0. The molecule has 0 saturated heterocycles. The molecule has 14 heavy (non-hydrogen) atoms. The third kappa shape index (κ3) is 2.04. The quantitative estimate of drug-likeness (QED) is 0.430. The number of aromatic hydroxyl groups is 1. The Morgan fingerprint density at radius 1 is 1.64 bits per heavy atom. The van der Waals surface area contributed by atoms with Crippen molar-refractivity contribution in [1.82, 2.24) is 4.98 Å². The van der Waals surface area contributed by atoms with Gasteiger partial charge in [0, 0.05) is 6.08 Å². The molecule has 1 aromatic heterocycles. The molecule has 1 N–H and O–H groups in total. The van der Waals surface area contributed by atoms with Crippen molar-refractivity contribution in [2.45, 2.75) is 0 Å². The molecule has 0 radical (unpaired) electrons. The smallest absolute Gasteiger partial charge is 0.406 e. The van der Waals surface area contributed by atoms with Crippen LogP contribution in [0.25, 0.3) is 6.08 Å². The van der Waals surface area contributed by atoms with Crippen LogP contribution in [0.5, 0.6) is 5.75 Å². The number of rotatable bonds is 2. The Bertz CT molecular complexity index is 434. The van der Waals surface area contributed by atoms with Crippen LogP contribution in [0.1, 0.15) is 5.69 Å². The minimum absolute atomic E-state index is 0.246. The minimum atomic E-state index is -0.793. The Labute approximate surface area is 78.9 Å². The van der Waals surface area contributed by atoms with Crippen LogP contribution in [-0.2, 0) is 0 Å². The summed E-state index contributed by atoms with van der Waals surface area (Å²) >= 11 is 0. The van der Waals surface area contributed by atoms with E-state index in [9.17, 15) is 10.1 Å². The maximum atomic E-state index is 10.3. The van der Waals surface area contributed by atoms with Crippen molar-refractivity contribution < 1.29 is 10.0 Å². The minimum Gasteiger partial charge on any atom is -0.501 e. The van der Waals surface area contributed by atoms with Gasteiger partial charge in [0.25, 0.3) is 0 Å². The third-order valence-electron chi connectivity index (χ3n) is 1.38. The van der Waals surface area contributed by atoms with Crippen LogP contribution < -0.4 is 0 Å². The van der Waals surface area contributed by atoms with Gasteiger partial charge in [0.05, 0.1) is 6.07 Å².